The molecule has 0 spiro atoms. The van der Waals surface area contributed by atoms with E-state index in [1.807, 2.05) is 49.4 Å². The Morgan fingerprint density at radius 1 is 1.04 bits per heavy atom. The summed E-state index contributed by atoms with van der Waals surface area (Å²) in [5.74, 6) is 0.0628. The number of rotatable bonds is 6. The number of amides is 2. The molecule has 0 saturated carbocycles. The molecule has 5 nitrogen and oxygen atoms in total. The van der Waals surface area contributed by atoms with Crippen LogP contribution in [0.25, 0.3) is 10.8 Å². The molecule has 0 aromatic heterocycles. The second-order valence-electron chi connectivity index (χ2n) is 6.23. The van der Waals surface area contributed by atoms with E-state index in [1.54, 1.807) is 6.92 Å². The molecular weight excluding hydrogens is 324 g/mol. The molecule has 0 aliphatic heterocycles. The number of carbonyl (C=O) groups is 1. The van der Waals surface area contributed by atoms with Gasteiger partial charge < -0.3 is 10.6 Å². The molecule has 0 aliphatic carbocycles. The lowest BCUT2D eigenvalue weighted by molar-refractivity contribution is 0.234. The lowest BCUT2D eigenvalue weighted by atomic mass is 10.00. The molecule has 2 amide bonds. The molecule has 130 valence electrons. The van der Waals surface area contributed by atoms with Crippen molar-refractivity contribution < 1.29 is 13.2 Å². The van der Waals surface area contributed by atoms with Gasteiger partial charge in [-0.15, -0.1) is 0 Å². The summed E-state index contributed by atoms with van der Waals surface area (Å²) in [6, 6.07) is 13.4. The normalized spacial score (nSPS) is 14.1. The second-order valence-corrected chi connectivity index (χ2v) is 8.49. The van der Waals surface area contributed by atoms with Crippen LogP contribution < -0.4 is 10.6 Å². The molecule has 2 rings (SSSR count). The van der Waals surface area contributed by atoms with Gasteiger partial charge in [-0.1, -0.05) is 42.5 Å². The number of hydrogen-bond donors (Lipinski definition) is 2. The Morgan fingerprint density at radius 2 is 1.71 bits per heavy atom. The van der Waals surface area contributed by atoms with Crippen LogP contribution in [0.2, 0.25) is 0 Å². The van der Waals surface area contributed by atoms with Crippen molar-refractivity contribution in [3.8, 4) is 0 Å². The highest BCUT2D eigenvalue weighted by Crippen LogP contribution is 2.23. The van der Waals surface area contributed by atoms with Crippen LogP contribution in [0.15, 0.2) is 42.5 Å². The highest BCUT2D eigenvalue weighted by Gasteiger charge is 2.14. The Hall–Kier alpha value is -2.08. The third-order valence-electron chi connectivity index (χ3n) is 3.94. The van der Waals surface area contributed by atoms with Crippen molar-refractivity contribution in [1.82, 2.24) is 10.6 Å². The van der Waals surface area contributed by atoms with Gasteiger partial charge in [0.1, 0.15) is 9.84 Å². The molecule has 2 unspecified atom stereocenters. The van der Waals surface area contributed by atoms with Gasteiger partial charge >= 0.3 is 6.03 Å². The summed E-state index contributed by atoms with van der Waals surface area (Å²) < 4.78 is 22.4. The topological polar surface area (TPSA) is 75.3 Å². The van der Waals surface area contributed by atoms with Gasteiger partial charge in [-0.2, -0.15) is 0 Å². The van der Waals surface area contributed by atoms with Crippen molar-refractivity contribution >= 4 is 26.6 Å². The number of fused-ring (bicyclic) bond motifs is 1. The van der Waals surface area contributed by atoms with E-state index >= 15 is 0 Å². The maximum Gasteiger partial charge on any atom is 0.315 e. The van der Waals surface area contributed by atoms with Crippen LogP contribution >= 0.6 is 0 Å². The Kier molecular flexibility index (Phi) is 5.83. The van der Waals surface area contributed by atoms with Crippen molar-refractivity contribution in [3.63, 3.8) is 0 Å². The zero-order valence-corrected chi connectivity index (χ0v) is 15.1. The molecule has 6 heteroatoms. The average Bonchev–Trinajstić information content (AvgIpc) is 2.51. The van der Waals surface area contributed by atoms with Crippen LogP contribution in [0.4, 0.5) is 4.79 Å². The molecule has 0 radical (unpaired) electrons. The SMILES string of the molecule is CC(CCS(C)(=O)=O)NC(=O)NC(C)c1cccc2ccccc12. The fraction of sp³-hybridized carbons (Fsp3) is 0.389. The first-order chi connectivity index (χ1) is 11.3. The van der Waals surface area contributed by atoms with Gasteiger partial charge in [-0.3, -0.25) is 0 Å². The number of sulfone groups is 1. The van der Waals surface area contributed by atoms with E-state index < -0.39 is 9.84 Å². The summed E-state index contributed by atoms with van der Waals surface area (Å²) in [7, 11) is -3.02. The molecule has 0 heterocycles. The van der Waals surface area contributed by atoms with Gasteiger partial charge in [-0.05, 0) is 36.6 Å². The highest BCUT2D eigenvalue weighted by molar-refractivity contribution is 7.90. The standard InChI is InChI=1S/C18H24N2O3S/c1-13(11-12-24(3,22)23)19-18(21)20-14(2)16-10-6-8-15-7-4-5-9-17(15)16/h4-10,13-14H,11-12H2,1-3H3,(H2,19,20,21). The van der Waals surface area contributed by atoms with Crippen molar-refractivity contribution in [2.45, 2.75) is 32.4 Å². The van der Waals surface area contributed by atoms with Gasteiger partial charge in [0, 0.05) is 12.3 Å². The zero-order chi connectivity index (χ0) is 17.7. The van der Waals surface area contributed by atoms with E-state index in [4.69, 9.17) is 0 Å². The molecule has 24 heavy (non-hydrogen) atoms. The number of benzene rings is 2. The van der Waals surface area contributed by atoms with Crippen LogP contribution in [0.3, 0.4) is 0 Å². The predicted octanol–water partition coefficient (Wildman–Crippen LogP) is 3.02. The molecule has 0 aliphatic rings. The fourth-order valence-corrected chi connectivity index (χ4v) is 3.41. The van der Waals surface area contributed by atoms with E-state index in [-0.39, 0.29) is 23.9 Å². The Balaban J connectivity index is 1.98. The zero-order valence-electron chi connectivity index (χ0n) is 14.2. The van der Waals surface area contributed by atoms with Gasteiger partial charge in [0.25, 0.3) is 0 Å². The summed E-state index contributed by atoms with van der Waals surface area (Å²) in [6.07, 6.45) is 1.59. The Morgan fingerprint density at radius 3 is 2.42 bits per heavy atom. The quantitative estimate of drug-likeness (QED) is 0.842. The van der Waals surface area contributed by atoms with Gasteiger partial charge in [0.2, 0.25) is 0 Å². The van der Waals surface area contributed by atoms with Crippen molar-refractivity contribution in [2.75, 3.05) is 12.0 Å². The summed E-state index contributed by atoms with van der Waals surface area (Å²) in [5.41, 5.74) is 1.05. The Labute approximate surface area is 143 Å². The highest BCUT2D eigenvalue weighted by atomic mass is 32.2. The van der Waals surface area contributed by atoms with E-state index in [0.717, 1.165) is 16.3 Å². The molecule has 2 atom stereocenters. The second kappa shape index (κ2) is 7.66. The number of hydrogen-bond acceptors (Lipinski definition) is 3. The molecule has 0 bridgehead atoms. The van der Waals surface area contributed by atoms with Crippen molar-refractivity contribution in [3.05, 3.63) is 48.0 Å². The predicted molar refractivity (Wildman–Crippen MR) is 97.8 cm³/mol. The summed E-state index contributed by atoms with van der Waals surface area (Å²) >= 11 is 0. The van der Waals surface area contributed by atoms with Crippen LogP contribution in [0.5, 0.6) is 0 Å². The van der Waals surface area contributed by atoms with E-state index in [0.29, 0.717) is 6.42 Å². The van der Waals surface area contributed by atoms with Crippen molar-refractivity contribution in [1.29, 1.82) is 0 Å². The largest absolute Gasteiger partial charge is 0.336 e. The van der Waals surface area contributed by atoms with Gasteiger partial charge in [-0.25, -0.2) is 13.2 Å². The van der Waals surface area contributed by atoms with Crippen LogP contribution in [-0.2, 0) is 9.84 Å². The first kappa shape index (κ1) is 18.3. The third-order valence-corrected chi connectivity index (χ3v) is 4.91. The lowest BCUT2D eigenvalue weighted by Gasteiger charge is -2.19. The maximum absolute atomic E-state index is 12.1. The summed E-state index contributed by atoms with van der Waals surface area (Å²) in [4.78, 5) is 12.1. The van der Waals surface area contributed by atoms with Gasteiger partial charge in [0.05, 0.1) is 11.8 Å². The first-order valence-electron chi connectivity index (χ1n) is 7.98. The van der Waals surface area contributed by atoms with Gasteiger partial charge in [0.15, 0.2) is 0 Å². The smallest absolute Gasteiger partial charge is 0.315 e. The first-order valence-corrected chi connectivity index (χ1v) is 10.0. The minimum absolute atomic E-state index is 0.0628. The molecule has 2 aromatic rings. The molecule has 0 fully saturated rings. The van der Waals surface area contributed by atoms with E-state index in [9.17, 15) is 13.2 Å². The van der Waals surface area contributed by atoms with E-state index in [2.05, 4.69) is 10.6 Å². The molecule has 2 aromatic carbocycles. The lowest BCUT2D eigenvalue weighted by Crippen LogP contribution is -2.42. The third kappa shape index (κ3) is 5.23. The van der Waals surface area contributed by atoms with Crippen LogP contribution in [0.1, 0.15) is 31.9 Å². The summed E-state index contributed by atoms with van der Waals surface area (Å²) in [6.45, 7) is 3.73. The number of urea groups is 1. The average molecular weight is 348 g/mol. The Bertz CT molecular complexity index is 813. The number of carbonyl (C=O) groups excluding carboxylic acids is 1. The van der Waals surface area contributed by atoms with Crippen LogP contribution in [-0.4, -0.2) is 32.5 Å². The molecule has 0 saturated heterocycles. The fourth-order valence-electron chi connectivity index (χ4n) is 2.63. The van der Waals surface area contributed by atoms with Crippen molar-refractivity contribution in [2.24, 2.45) is 0 Å². The number of nitrogens with one attached hydrogen (secondary N) is 2. The molecular formula is C18H24N2O3S. The molecule has 2 N–H and O–H groups in total. The minimum atomic E-state index is -3.02. The maximum atomic E-state index is 12.1. The summed E-state index contributed by atoms with van der Waals surface area (Å²) in [5, 5.41) is 7.94. The van der Waals surface area contributed by atoms with E-state index in [1.165, 1.54) is 6.26 Å². The monoisotopic (exact) mass is 348 g/mol. The van der Waals surface area contributed by atoms with Crippen LogP contribution in [0, 0.1) is 0 Å². The minimum Gasteiger partial charge on any atom is -0.336 e.